The highest BCUT2D eigenvalue weighted by molar-refractivity contribution is 5.83. The van der Waals surface area contributed by atoms with Gasteiger partial charge < -0.3 is 10.6 Å². The zero-order valence-corrected chi connectivity index (χ0v) is 15.9. The van der Waals surface area contributed by atoms with E-state index in [2.05, 4.69) is 29.7 Å². The number of carbonyl (C=O) groups is 2. The van der Waals surface area contributed by atoms with Crippen LogP contribution in [0.3, 0.4) is 0 Å². The Bertz CT molecular complexity index is 488. The molecule has 4 nitrogen and oxygen atoms in total. The van der Waals surface area contributed by atoms with Crippen molar-refractivity contribution in [1.82, 2.24) is 10.6 Å². The Labute approximate surface area is 152 Å². The Balaban J connectivity index is 2.06. The predicted octanol–water partition coefficient (Wildman–Crippen LogP) is 3.99. The topological polar surface area (TPSA) is 58.2 Å². The van der Waals surface area contributed by atoms with Crippen molar-refractivity contribution in [2.45, 2.75) is 77.7 Å². The Morgan fingerprint density at radius 2 is 1.64 bits per heavy atom. The molecule has 0 spiro atoms. The number of rotatable bonds is 13. The van der Waals surface area contributed by atoms with Crippen molar-refractivity contribution in [3.05, 3.63) is 35.9 Å². The minimum absolute atomic E-state index is 0.0254. The molecule has 25 heavy (non-hydrogen) atoms. The lowest BCUT2D eigenvalue weighted by molar-refractivity contribution is -0.126. The summed E-state index contributed by atoms with van der Waals surface area (Å²) in [6.45, 7) is 4.92. The predicted molar refractivity (Wildman–Crippen MR) is 103 cm³/mol. The fourth-order valence-corrected chi connectivity index (χ4v) is 2.72. The molecule has 2 amide bonds. The number of aryl methyl sites for hydroxylation is 1. The molecular formula is C21H34N2O2. The smallest absolute Gasteiger partial charge is 0.220 e. The third-order valence-corrected chi connectivity index (χ3v) is 4.30. The van der Waals surface area contributed by atoms with Crippen LogP contribution in [0.25, 0.3) is 0 Å². The molecule has 0 aliphatic rings. The molecule has 140 valence electrons. The lowest BCUT2D eigenvalue weighted by atomic mass is 10.1. The van der Waals surface area contributed by atoms with Gasteiger partial charge in [0, 0.05) is 25.4 Å². The van der Waals surface area contributed by atoms with Gasteiger partial charge in [-0.3, -0.25) is 9.59 Å². The van der Waals surface area contributed by atoms with Gasteiger partial charge in [-0.25, -0.2) is 0 Å². The maximum absolute atomic E-state index is 11.9. The van der Waals surface area contributed by atoms with Gasteiger partial charge in [0.1, 0.15) is 0 Å². The first-order chi connectivity index (χ1) is 12.1. The van der Waals surface area contributed by atoms with E-state index in [9.17, 15) is 9.59 Å². The summed E-state index contributed by atoms with van der Waals surface area (Å²) in [5.41, 5.74) is 1.28. The molecular weight excluding hydrogens is 312 g/mol. The van der Waals surface area contributed by atoms with E-state index >= 15 is 0 Å². The molecule has 1 aromatic rings. The molecule has 4 heteroatoms. The van der Waals surface area contributed by atoms with Crippen LogP contribution in [-0.2, 0) is 16.0 Å². The molecule has 0 unspecified atom stereocenters. The van der Waals surface area contributed by atoms with Crippen molar-refractivity contribution in [1.29, 1.82) is 0 Å². The lowest BCUT2D eigenvalue weighted by Crippen LogP contribution is -2.34. The van der Waals surface area contributed by atoms with Gasteiger partial charge in [-0.2, -0.15) is 0 Å². The summed E-state index contributed by atoms with van der Waals surface area (Å²) >= 11 is 0. The number of amides is 2. The van der Waals surface area contributed by atoms with E-state index in [1.54, 1.807) is 0 Å². The summed E-state index contributed by atoms with van der Waals surface area (Å²) in [5, 5.41) is 5.87. The van der Waals surface area contributed by atoms with E-state index in [0.29, 0.717) is 0 Å². The molecule has 1 atom stereocenters. The summed E-state index contributed by atoms with van der Waals surface area (Å²) < 4.78 is 0. The molecule has 0 aliphatic carbocycles. The van der Waals surface area contributed by atoms with E-state index in [0.717, 1.165) is 32.2 Å². The number of carbonyl (C=O) groups excluding carboxylic acids is 2. The molecule has 2 N–H and O–H groups in total. The number of nitrogens with one attached hydrogen (secondary N) is 2. The molecule has 1 aromatic carbocycles. The minimum atomic E-state index is -0.0429. The van der Waals surface area contributed by atoms with Crippen LogP contribution in [0.2, 0.25) is 0 Å². The van der Waals surface area contributed by atoms with Gasteiger partial charge in [0.2, 0.25) is 11.8 Å². The molecule has 0 heterocycles. The maximum Gasteiger partial charge on any atom is 0.220 e. The normalized spacial score (nSPS) is 11.8. The van der Waals surface area contributed by atoms with Crippen molar-refractivity contribution >= 4 is 11.8 Å². The standard InChI is InChI=1S/C21H34N2O2/c1-3-4-5-6-10-17-22-20(24)15-16-21(25)23-18(2)13-14-19-11-8-7-9-12-19/h7-9,11-12,18H,3-6,10,13-17H2,1-2H3,(H,22,24)(H,23,25)/t18-/m0/s1. The van der Waals surface area contributed by atoms with Crippen molar-refractivity contribution in [2.75, 3.05) is 6.54 Å². The van der Waals surface area contributed by atoms with Gasteiger partial charge >= 0.3 is 0 Å². The second-order valence-electron chi connectivity index (χ2n) is 6.76. The average Bonchev–Trinajstić information content (AvgIpc) is 2.62. The van der Waals surface area contributed by atoms with Crippen LogP contribution in [-0.4, -0.2) is 24.4 Å². The van der Waals surface area contributed by atoms with Crippen LogP contribution < -0.4 is 10.6 Å². The number of benzene rings is 1. The summed E-state index contributed by atoms with van der Waals surface area (Å²) in [6, 6.07) is 10.4. The summed E-state index contributed by atoms with van der Waals surface area (Å²) in [6.07, 6.45) is 8.28. The Morgan fingerprint density at radius 3 is 2.36 bits per heavy atom. The minimum Gasteiger partial charge on any atom is -0.356 e. The van der Waals surface area contributed by atoms with Crippen LogP contribution in [0.1, 0.15) is 70.8 Å². The monoisotopic (exact) mass is 346 g/mol. The lowest BCUT2D eigenvalue weighted by Gasteiger charge is -2.14. The van der Waals surface area contributed by atoms with E-state index in [4.69, 9.17) is 0 Å². The van der Waals surface area contributed by atoms with Gasteiger partial charge in [0.25, 0.3) is 0 Å². The Kier molecular flexibility index (Phi) is 11.4. The third kappa shape index (κ3) is 11.4. The molecule has 0 saturated carbocycles. The molecule has 1 rings (SSSR count). The molecule has 0 aromatic heterocycles. The highest BCUT2D eigenvalue weighted by Crippen LogP contribution is 2.05. The fourth-order valence-electron chi connectivity index (χ4n) is 2.72. The third-order valence-electron chi connectivity index (χ3n) is 4.30. The average molecular weight is 347 g/mol. The first-order valence-corrected chi connectivity index (χ1v) is 9.71. The molecule has 0 bridgehead atoms. The van der Waals surface area contributed by atoms with E-state index in [-0.39, 0.29) is 30.7 Å². The SMILES string of the molecule is CCCCCCCNC(=O)CCC(=O)N[C@@H](C)CCc1ccccc1. The van der Waals surface area contributed by atoms with Crippen molar-refractivity contribution in [3.63, 3.8) is 0 Å². The summed E-state index contributed by atoms with van der Waals surface area (Å²) in [4.78, 5) is 23.7. The maximum atomic E-state index is 11.9. The molecule has 0 aliphatic heterocycles. The highest BCUT2D eigenvalue weighted by Gasteiger charge is 2.10. The van der Waals surface area contributed by atoms with Gasteiger partial charge in [0.05, 0.1) is 0 Å². The molecule has 0 saturated heterocycles. The van der Waals surface area contributed by atoms with Gasteiger partial charge in [0.15, 0.2) is 0 Å². The van der Waals surface area contributed by atoms with Crippen molar-refractivity contribution in [3.8, 4) is 0 Å². The second-order valence-corrected chi connectivity index (χ2v) is 6.76. The number of unbranched alkanes of at least 4 members (excludes halogenated alkanes) is 4. The first-order valence-electron chi connectivity index (χ1n) is 9.71. The van der Waals surface area contributed by atoms with Gasteiger partial charge in [-0.1, -0.05) is 62.9 Å². The van der Waals surface area contributed by atoms with Crippen LogP contribution in [0.4, 0.5) is 0 Å². The van der Waals surface area contributed by atoms with Gasteiger partial charge in [-0.15, -0.1) is 0 Å². The van der Waals surface area contributed by atoms with Crippen LogP contribution in [0.5, 0.6) is 0 Å². The van der Waals surface area contributed by atoms with Crippen molar-refractivity contribution in [2.24, 2.45) is 0 Å². The summed E-state index contributed by atoms with van der Waals surface area (Å²) in [5.74, 6) is -0.0683. The first kappa shape index (κ1) is 21.2. The Hall–Kier alpha value is -1.84. The van der Waals surface area contributed by atoms with E-state index in [1.807, 2.05) is 25.1 Å². The Morgan fingerprint density at radius 1 is 0.960 bits per heavy atom. The second kappa shape index (κ2) is 13.5. The van der Waals surface area contributed by atoms with Gasteiger partial charge in [-0.05, 0) is 31.7 Å². The van der Waals surface area contributed by atoms with Crippen LogP contribution in [0.15, 0.2) is 30.3 Å². The number of hydrogen-bond donors (Lipinski definition) is 2. The van der Waals surface area contributed by atoms with Crippen LogP contribution >= 0.6 is 0 Å². The quantitative estimate of drug-likeness (QED) is 0.531. The fraction of sp³-hybridized carbons (Fsp3) is 0.619. The van der Waals surface area contributed by atoms with Crippen LogP contribution in [0, 0.1) is 0 Å². The van der Waals surface area contributed by atoms with E-state index < -0.39 is 0 Å². The molecule has 0 radical (unpaired) electrons. The highest BCUT2D eigenvalue weighted by atomic mass is 16.2. The zero-order valence-electron chi connectivity index (χ0n) is 15.9. The summed E-state index contributed by atoms with van der Waals surface area (Å²) in [7, 11) is 0. The van der Waals surface area contributed by atoms with Crippen molar-refractivity contribution < 1.29 is 9.59 Å². The molecule has 0 fully saturated rings. The number of hydrogen-bond acceptors (Lipinski definition) is 2. The largest absolute Gasteiger partial charge is 0.356 e. The zero-order chi connectivity index (χ0) is 18.3. The van der Waals surface area contributed by atoms with E-state index in [1.165, 1.54) is 24.8 Å².